The number of aromatic carboxylic acids is 1. The second-order valence-corrected chi connectivity index (χ2v) is 3.93. The highest BCUT2D eigenvalue weighted by atomic mass is 35.5. The fourth-order valence-electron chi connectivity index (χ4n) is 1.46. The maximum atomic E-state index is 11.0. The van der Waals surface area contributed by atoms with Gasteiger partial charge in [0.2, 0.25) is 0 Å². The third-order valence-corrected chi connectivity index (χ3v) is 2.63. The van der Waals surface area contributed by atoms with Crippen molar-refractivity contribution in [2.45, 2.75) is 6.61 Å². The van der Waals surface area contributed by atoms with Gasteiger partial charge in [0, 0.05) is 6.20 Å². The average molecular weight is 264 g/mol. The van der Waals surface area contributed by atoms with Crippen molar-refractivity contribution < 1.29 is 14.6 Å². The fraction of sp³-hybridized carbons (Fsp3) is 0.0769. The summed E-state index contributed by atoms with van der Waals surface area (Å²) in [5.74, 6) is -0.526. The molecular formula is C13H10ClNO3. The first kappa shape index (κ1) is 12.4. The van der Waals surface area contributed by atoms with E-state index in [0.29, 0.717) is 16.5 Å². The number of carboxylic acids is 1. The van der Waals surface area contributed by atoms with E-state index < -0.39 is 5.97 Å². The first-order chi connectivity index (χ1) is 8.68. The third-order valence-electron chi connectivity index (χ3n) is 2.32. The van der Waals surface area contributed by atoms with Crippen LogP contribution in [0.5, 0.6) is 5.75 Å². The minimum atomic E-state index is -1.03. The zero-order valence-corrected chi connectivity index (χ0v) is 10.1. The van der Waals surface area contributed by atoms with Gasteiger partial charge in [0.25, 0.3) is 0 Å². The van der Waals surface area contributed by atoms with Crippen molar-refractivity contribution in [2.24, 2.45) is 0 Å². The van der Waals surface area contributed by atoms with E-state index in [4.69, 9.17) is 21.4 Å². The highest BCUT2D eigenvalue weighted by molar-refractivity contribution is 6.32. The molecule has 0 aliphatic heterocycles. The van der Waals surface area contributed by atoms with E-state index in [1.807, 2.05) is 0 Å². The molecule has 0 unspecified atom stereocenters. The number of aromatic nitrogens is 1. The highest BCUT2D eigenvalue weighted by Gasteiger charge is 2.11. The molecule has 2 aromatic rings. The Kier molecular flexibility index (Phi) is 3.79. The number of carbonyl (C=O) groups is 1. The van der Waals surface area contributed by atoms with E-state index in [2.05, 4.69) is 4.98 Å². The second-order valence-electron chi connectivity index (χ2n) is 3.52. The number of hydrogen-bond donors (Lipinski definition) is 1. The maximum Gasteiger partial charge on any atom is 0.337 e. The molecule has 0 atom stereocenters. The summed E-state index contributed by atoms with van der Waals surface area (Å²) < 4.78 is 5.46. The Morgan fingerprint density at radius 2 is 2.06 bits per heavy atom. The lowest BCUT2D eigenvalue weighted by Crippen LogP contribution is -2.07. The van der Waals surface area contributed by atoms with Crippen LogP contribution in [0.4, 0.5) is 0 Å². The molecule has 1 aromatic carbocycles. The summed E-state index contributed by atoms with van der Waals surface area (Å²) in [7, 11) is 0. The smallest absolute Gasteiger partial charge is 0.337 e. The van der Waals surface area contributed by atoms with Gasteiger partial charge in [-0.15, -0.1) is 0 Å². The Morgan fingerprint density at radius 3 is 2.78 bits per heavy atom. The number of hydrogen-bond acceptors (Lipinski definition) is 3. The van der Waals surface area contributed by atoms with E-state index in [1.54, 1.807) is 30.3 Å². The zero-order valence-electron chi connectivity index (χ0n) is 9.34. The zero-order chi connectivity index (χ0) is 13.0. The molecule has 1 N–H and O–H groups in total. The molecule has 1 aromatic heterocycles. The maximum absolute atomic E-state index is 11.0. The number of para-hydroxylation sites is 1. The van der Waals surface area contributed by atoms with Crippen LogP contribution in [-0.4, -0.2) is 16.1 Å². The van der Waals surface area contributed by atoms with Crippen LogP contribution in [0, 0.1) is 0 Å². The number of nitrogens with zero attached hydrogens (tertiary/aromatic N) is 1. The number of carboxylic acid groups (broad SMARTS) is 1. The quantitative estimate of drug-likeness (QED) is 0.921. The molecule has 1 heterocycles. The van der Waals surface area contributed by atoms with Crippen molar-refractivity contribution in [3.05, 3.63) is 58.9 Å². The summed E-state index contributed by atoms with van der Waals surface area (Å²) in [6.45, 7) is 0.0617. The lowest BCUT2D eigenvalue weighted by atomic mass is 10.2. The van der Waals surface area contributed by atoms with E-state index in [-0.39, 0.29) is 12.2 Å². The number of rotatable bonds is 4. The van der Waals surface area contributed by atoms with Gasteiger partial charge < -0.3 is 9.84 Å². The van der Waals surface area contributed by atoms with Crippen LogP contribution in [-0.2, 0) is 6.61 Å². The van der Waals surface area contributed by atoms with E-state index in [9.17, 15) is 4.79 Å². The van der Waals surface area contributed by atoms with E-state index in [1.165, 1.54) is 12.3 Å². The molecule has 2 rings (SSSR count). The molecule has 0 saturated carbocycles. The van der Waals surface area contributed by atoms with Crippen molar-refractivity contribution in [3.63, 3.8) is 0 Å². The van der Waals surface area contributed by atoms with Crippen LogP contribution >= 0.6 is 11.6 Å². The fourth-order valence-corrected chi connectivity index (χ4v) is 1.65. The Morgan fingerprint density at radius 1 is 1.28 bits per heavy atom. The summed E-state index contributed by atoms with van der Waals surface area (Å²) in [4.78, 5) is 15.0. The number of halogens is 1. The molecule has 0 spiro atoms. The molecule has 0 radical (unpaired) electrons. The first-order valence-corrected chi connectivity index (χ1v) is 5.61. The molecule has 0 bridgehead atoms. The Hall–Kier alpha value is -2.07. The van der Waals surface area contributed by atoms with E-state index in [0.717, 1.165) is 0 Å². The molecule has 4 nitrogen and oxygen atoms in total. The first-order valence-electron chi connectivity index (χ1n) is 5.23. The van der Waals surface area contributed by atoms with Gasteiger partial charge in [0.1, 0.15) is 12.4 Å². The minimum Gasteiger partial charge on any atom is -0.486 e. The predicted molar refractivity (Wildman–Crippen MR) is 67.0 cm³/mol. The number of benzene rings is 1. The summed E-state index contributed by atoms with van der Waals surface area (Å²) in [6, 6.07) is 10.1. The topological polar surface area (TPSA) is 59.4 Å². The molecule has 0 aliphatic carbocycles. The average Bonchev–Trinajstić information content (AvgIpc) is 2.38. The van der Waals surface area contributed by atoms with Crippen LogP contribution in [0.25, 0.3) is 0 Å². The molecule has 0 saturated heterocycles. The SMILES string of the molecule is O=C(O)c1cccnc1COc1ccccc1Cl. The highest BCUT2D eigenvalue weighted by Crippen LogP contribution is 2.24. The van der Waals surface area contributed by atoms with Crippen LogP contribution in [0.1, 0.15) is 16.1 Å². The van der Waals surface area contributed by atoms with Crippen molar-refractivity contribution in [2.75, 3.05) is 0 Å². The van der Waals surface area contributed by atoms with Crippen LogP contribution < -0.4 is 4.74 Å². The number of ether oxygens (including phenoxy) is 1. The Balaban J connectivity index is 2.16. The Labute approximate surface area is 109 Å². The van der Waals surface area contributed by atoms with Gasteiger partial charge in [-0.05, 0) is 24.3 Å². The predicted octanol–water partition coefficient (Wildman–Crippen LogP) is 3.01. The van der Waals surface area contributed by atoms with Crippen LogP contribution in [0.15, 0.2) is 42.6 Å². The summed E-state index contributed by atoms with van der Waals surface area (Å²) in [5, 5.41) is 9.47. The monoisotopic (exact) mass is 263 g/mol. The lowest BCUT2D eigenvalue weighted by molar-refractivity contribution is 0.0693. The van der Waals surface area contributed by atoms with Gasteiger partial charge in [-0.2, -0.15) is 0 Å². The molecule has 0 amide bonds. The minimum absolute atomic E-state index is 0.0617. The largest absolute Gasteiger partial charge is 0.486 e. The number of pyridine rings is 1. The van der Waals surface area contributed by atoms with Crippen molar-refractivity contribution in [3.8, 4) is 5.75 Å². The van der Waals surface area contributed by atoms with Crippen molar-refractivity contribution in [1.29, 1.82) is 0 Å². The summed E-state index contributed by atoms with van der Waals surface area (Å²) in [5.41, 5.74) is 0.495. The van der Waals surface area contributed by atoms with Crippen molar-refractivity contribution >= 4 is 17.6 Å². The molecule has 0 fully saturated rings. The van der Waals surface area contributed by atoms with Gasteiger partial charge in [0.15, 0.2) is 0 Å². The molecule has 18 heavy (non-hydrogen) atoms. The van der Waals surface area contributed by atoms with Crippen LogP contribution in [0.2, 0.25) is 5.02 Å². The molecule has 0 aliphatic rings. The molecular weight excluding hydrogens is 254 g/mol. The van der Waals surface area contributed by atoms with Crippen molar-refractivity contribution in [1.82, 2.24) is 4.98 Å². The Bertz CT molecular complexity index is 572. The summed E-state index contributed by atoms with van der Waals surface area (Å²) in [6.07, 6.45) is 1.53. The standard InChI is InChI=1S/C13H10ClNO3/c14-10-5-1-2-6-12(10)18-8-11-9(13(16)17)4-3-7-15-11/h1-7H,8H2,(H,16,17). The van der Waals surface area contributed by atoms with Gasteiger partial charge in [-0.25, -0.2) is 4.79 Å². The van der Waals surface area contributed by atoms with Gasteiger partial charge >= 0.3 is 5.97 Å². The normalized spacial score (nSPS) is 10.1. The van der Waals surface area contributed by atoms with Gasteiger partial charge in [-0.3, -0.25) is 4.98 Å². The van der Waals surface area contributed by atoms with Gasteiger partial charge in [-0.1, -0.05) is 23.7 Å². The molecule has 92 valence electrons. The van der Waals surface area contributed by atoms with Crippen LogP contribution in [0.3, 0.4) is 0 Å². The lowest BCUT2D eigenvalue weighted by Gasteiger charge is -2.08. The second kappa shape index (κ2) is 5.51. The summed E-state index contributed by atoms with van der Waals surface area (Å²) >= 11 is 5.93. The third kappa shape index (κ3) is 2.78. The van der Waals surface area contributed by atoms with Gasteiger partial charge in [0.05, 0.1) is 16.3 Å². The van der Waals surface area contributed by atoms with E-state index >= 15 is 0 Å². The molecule has 5 heteroatoms.